The Bertz CT molecular complexity index is 1790. The van der Waals surface area contributed by atoms with Crippen molar-refractivity contribution in [2.45, 2.75) is 26.2 Å². The third-order valence-electron chi connectivity index (χ3n) is 9.65. The maximum Gasteiger partial charge on any atom is 0.237 e. The summed E-state index contributed by atoms with van der Waals surface area (Å²) in [6, 6.07) is 21.3. The number of aryl methyl sites for hydroxylation is 1. The van der Waals surface area contributed by atoms with Gasteiger partial charge in [0.1, 0.15) is 12.2 Å². The SMILES string of the molecule is CN=CN=C(N)c1ccc(C2=CCN(C(=O)CN3CC[C@@]4(CCN(c5ccc(N)c(C(=N)c6cccc(C)c6)c5)C4=O)C3)CC2)cc1. The summed E-state index contributed by atoms with van der Waals surface area (Å²) >= 11 is 0. The molecule has 242 valence electrons. The number of hydrogen-bond donors (Lipinski definition) is 3. The molecule has 0 saturated carbocycles. The van der Waals surface area contributed by atoms with Crippen LogP contribution in [0.5, 0.6) is 0 Å². The van der Waals surface area contributed by atoms with Crippen molar-refractivity contribution in [1.82, 2.24) is 9.80 Å². The molecule has 0 unspecified atom stereocenters. The fourth-order valence-electron chi connectivity index (χ4n) is 6.92. The number of nitrogens with two attached hydrogens (primary N) is 2. The molecule has 3 aromatic rings. The lowest BCUT2D eigenvalue weighted by Crippen LogP contribution is -2.43. The molecule has 0 radical (unpaired) electrons. The highest BCUT2D eigenvalue weighted by molar-refractivity contribution is 6.15. The summed E-state index contributed by atoms with van der Waals surface area (Å²) in [5, 5.41) is 8.82. The number of benzene rings is 3. The van der Waals surface area contributed by atoms with Crippen molar-refractivity contribution in [2.75, 3.05) is 56.9 Å². The molecule has 2 amide bonds. The van der Waals surface area contributed by atoms with E-state index in [0.29, 0.717) is 62.1 Å². The van der Waals surface area contributed by atoms with Gasteiger partial charge in [0.15, 0.2) is 0 Å². The fourth-order valence-corrected chi connectivity index (χ4v) is 6.92. The van der Waals surface area contributed by atoms with Crippen molar-refractivity contribution < 1.29 is 9.59 Å². The van der Waals surface area contributed by atoms with E-state index in [-0.39, 0.29) is 11.8 Å². The van der Waals surface area contributed by atoms with E-state index in [0.717, 1.165) is 47.2 Å². The Kier molecular flexibility index (Phi) is 9.04. The smallest absolute Gasteiger partial charge is 0.237 e. The maximum atomic E-state index is 13.9. The topological polar surface area (TPSA) is 144 Å². The quantitative estimate of drug-likeness (QED) is 0.195. The molecule has 2 saturated heterocycles. The molecule has 3 heterocycles. The summed E-state index contributed by atoms with van der Waals surface area (Å²) in [5.74, 6) is 0.602. The van der Waals surface area contributed by atoms with Gasteiger partial charge in [-0.2, -0.15) is 0 Å². The average Bonchev–Trinajstić information content (AvgIpc) is 3.65. The summed E-state index contributed by atoms with van der Waals surface area (Å²) in [6.45, 7) is 5.43. The highest BCUT2D eigenvalue weighted by atomic mass is 16.2. The molecule has 0 aromatic heterocycles. The van der Waals surface area contributed by atoms with Crippen LogP contribution in [0.15, 0.2) is 82.8 Å². The lowest BCUT2D eigenvalue weighted by Gasteiger charge is -2.29. The van der Waals surface area contributed by atoms with E-state index in [1.807, 2.05) is 77.4 Å². The van der Waals surface area contributed by atoms with Crippen LogP contribution in [0.2, 0.25) is 0 Å². The zero-order chi connectivity index (χ0) is 33.1. The molecular weight excluding hydrogens is 588 g/mol. The molecule has 6 rings (SSSR count). The second-order valence-electron chi connectivity index (χ2n) is 12.7. The Labute approximate surface area is 276 Å². The third-order valence-corrected chi connectivity index (χ3v) is 9.65. The van der Waals surface area contributed by atoms with Crippen molar-refractivity contribution in [2.24, 2.45) is 21.1 Å². The van der Waals surface area contributed by atoms with Crippen molar-refractivity contribution >= 4 is 46.6 Å². The van der Waals surface area contributed by atoms with Crippen LogP contribution in [0.4, 0.5) is 11.4 Å². The number of nitrogens with one attached hydrogen (secondary N) is 1. The van der Waals surface area contributed by atoms with Crippen LogP contribution in [0.3, 0.4) is 0 Å². The minimum atomic E-state index is -0.496. The van der Waals surface area contributed by atoms with Gasteiger partial charge in [0.2, 0.25) is 11.8 Å². The van der Waals surface area contributed by atoms with E-state index in [9.17, 15) is 9.59 Å². The minimum Gasteiger partial charge on any atom is -0.398 e. The minimum absolute atomic E-state index is 0.0911. The molecule has 0 aliphatic carbocycles. The van der Waals surface area contributed by atoms with Crippen molar-refractivity contribution in [1.29, 1.82) is 5.41 Å². The predicted octanol–water partition coefficient (Wildman–Crippen LogP) is 4.10. The molecule has 3 aliphatic heterocycles. The zero-order valence-electron chi connectivity index (χ0n) is 27.1. The number of carbonyl (C=O) groups is 2. The molecule has 1 spiro atoms. The monoisotopic (exact) mass is 630 g/mol. The van der Waals surface area contributed by atoms with E-state index in [4.69, 9.17) is 16.9 Å². The molecule has 3 aromatic carbocycles. The second kappa shape index (κ2) is 13.3. The number of amides is 2. The summed E-state index contributed by atoms with van der Waals surface area (Å²) in [4.78, 5) is 41.1. The van der Waals surface area contributed by atoms with Gasteiger partial charge in [-0.15, -0.1) is 0 Å². The molecular formula is C37H42N8O2. The molecule has 5 N–H and O–H groups in total. The van der Waals surface area contributed by atoms with Gasteiger partial charge in [0.25, 0.3) is 0 Å². The van der Waals surface area contributed by atoms with E-state index in [1.165, 1.54) is 11.9 Å². The first-order valence-corrected chi connectivity index (χ1v) is 16.1. The first-order chi connectivity index (χ1) is 22.7. The van der Waals surface area contributed by atoms with Gasteiger partial charge < -0.3 is 21.3 Å². The normalized spacial score (nSPS) is 20.4. The fraction of sp³-hybridized carbons (Fsp3) is 0.324. The Morgan fingerprint density at radius 3 is 2.53 bits per heavy atom. The van der Waals surface area contributed by atoms with E-state index in [2.05, 4.69) is 21.0 Å². The van der Waals surface area contributed by atoms with Gasteiger partial charge in [-0.1, -0.05) is 54.1 Å². The molecule has 2 fully saturated rings. The van der Waals surface area contributed by atoms with Crippen LogP contribution in [-0.4, -0.2) is 85.8 Å². The van der Waals surface area contributed by atoms with Crippen LogP contribution in [-0.2, 0) is 9.59 Å². The average molecular weight is 631 g/mol. The summed E-state index contributed by atoms with van der Waals surface area (Å²) < 4.78 is 0. The molecule has 10 heteroatoms. The van der Waals surface area contributed by atoms with Crippen molar-refractivity contribution in [3.8, 4) is 0 Å². The summed E-state index contributed by atoms with van der Waals surface area (Å²) in [6.07, 6.45) is 5.81. The number of amidine groups is 1. The standard InChI is InChI=1S/C37H42N8O2/c1-25-4-3-5-29(20-25)34(39)31-21-30(10-11-32(31)38)45-19-15-37(36(45)47)14-18-43(23-37)22-33(46)44-16-12-27(13-17-44)26-6-8-28(9-7-26)35(40)42-24-41-2/h3-12,20-21,24,39H,13-19,22-23,38H2,1-2H3,(H2,40,41,42)/t37-/m1/s1. The lowest BCUT2D eigenvalue weighted by atomic mass is 9.85. The van der Waals surface area contributed by atoms with Gasteiger partial charge in [0.05, 0.1) is 17.7 Å². The predicted molar refractivity (Wildman–Crippen MR) is 189 cm³/mol. The van der Waals surface area contributed by atoms with E-state index >= 15 is 0 Å². The number of nitrogen functional groups attached to an aromatic ring is 1. The van der Waals surface area contributed by atoms with E-state index < -0.39 is 5.41 Å². The number of hydrogen-bond acceptors (Lipinski definition) is 6. The number of nitrogens with zero attached hydrogens (tertiary/aromatic N) is 5. The first kappa shape index (κ1) is 31.9. The van der Waals surface area contributed by atoms with Crippen molar-refractivity contribution in [3.05, 3.63) is 101 Å². The molecule has 0 bridgehead atoms. The number of anilines is 2. The molecule has 1 atom stereocenters. The summed E-state index contributed by atoms with van der Waals surface area (Å²) in [5.41, 5.74) is 19.1. The van der Waals surface area contributed by atoms with Gasteiger partial charge in [-0.25, -0.2) is 4.99 Å². The summed E-state index contributed by atoms with van der Waals surface area (Å²) in [7, 11) is 1.65. The second-order valence-corrected chi connectivity index (χ2v) is 12.7. The van der Waals surface area contributed by atoms with Crippen LogP contribution in [0, 0.1) is 17.7 Å². The van der Waals surface area contributed by atoms with E-state index in [1.54, 1.807) is 13.1 Å². The third kappa shape index (κ3) is 6.59. The number of carbonyl (C=O) groups excluding carboxylic acids is 2. The van der Waals surface area contributed by atoms with Gasteiger partial charge >= 0.3 is 0 Å². The van der Waals surface area contributed by atoms with Crippen LogP contribution >= 0.6 is 0 Å². The highest BCUT2D eigenvalue weighted by Crippen LogP contribution is 2.43. The highest BCUT2D eigenvalue weighted by Gasteiger charge is 2.51. The Hall–Kier alpha value is -5.09. The Balaban J connectivity index is 1.06. The first-order valence-electron chi connectivity index (χ1n) is 16.1. The number of likely N-dealkylation sites (tertiary alicyclic amines) is 1. The van der Waals surface area contributed by atoms with Gasteiger partial charge in [-0.3, -0.25) is 24.9 Å². The van der Waals surface area contributed by atoms with Gasteiger partial charge in [0, 0.05) is 61.3 Å². The molecule has 10 nitrogen and oxygen atoms in total. The Morgan fingerprint density at radius 1 is 1.02 bits per heavy atom. The molecule has 47 heavy (non-hydrogen) atoms. The van der Waals surface area contributed by atoms with Crippen LogP contribution in [0.25, 0.3) is 5.57 Å². The lowest BCUT2D eigenvalue weighted by molar-refractivity contribution is -0.132. The molecule has 3 aliphatic rings. The van der Waals surface area contributed by atoms with Crippen LogP contribution < -0.4 is 16.4 Å². The number of aliphatic imine (C=N–C) groups is 2. The maximum absolute atomic E-state index is 13.9. The number of rotatable bonds is 8. The van der Waals surface area contributed by atoms with Gasteiger partial charge in [-0.05, 0) is 68.1 Å². The zero-order valence-corrected chi connectivity index (χ0v) is 27.1. The van der Waals surface area contributed by atoms with Crippen LogP contribution in [0.1, 0.15) is 47.1 Å². The van der Waals surface area contributed by atoms with Crippen molar-refractivity contribution in [3.63, 3.8) is 0 Å². The largest absolute Gasteiger partial charge is 0.398 e. The Morgan fingerprint density at radius 2 is 1.81 bits per heavy atom.